The van der Waals surface area contributed by atoms with Crippen LogP contribution in [0.1, 0.15) is 12.8 Å². The summed E-state index contributed by atoms with van der Waals surface area (Å²) in [7, 11) is -3.41. The van der Waals surface area contributed by atoms with Gasteiger partial charge in [0.2, 0.25) is 10.0 Å². The number of unbranched alkanes of at least 4 members (excludes halogenated alkanes) is 1. The molecule has 0 saturated heterocycles. The monoisotopic (exact) mass is 418 g/mol. The highest BCUT2D eigenvalue weighted by atomic mass is 127. The normalized spacial score (nSPS) is 11.6. The molecule has 1 heterocycles. The van der Waals surface area contributed by atoms with E-state index < -0.39 is 10.0 Å². The molecule has 0 saturated carbocycles. The lowest BCUT2D eigenvalue weighted by atomic mass is 10.3. The van der Waals surface area contributed by atoms with E-state index in [-0.39, 0.29) is 4.90 Å². The van der Waals surface area contributed by atoms with Crippen molar-refractivity contribution < 1.29 is 8.42 Å². The number of hydrogen-bond acceptors (Lipinski definition) is 3. The molecule has 4 nitrogen and oxygen atoms in total. The van der Waals surface area contributed by atoms with Gasteiger partial charge in [-0.2, -0.15) is 0 Å². The highest BCUT2D eigenvalue weighted by molar-refractivity contribution is 14.1. The van der Waals surface area contributed by atoms with E-state index in [1.807, 2.05) is 0 Å². The molecule has 1 aromatic heterocycles. The molecule has 1 rings (SSSR count). The molecule has 0 aromatic carbocycles. The van der Waals surface area contributed by atoms with E-state index in [2.05, 4.69) is 48.2 Å². The first-order valence-electron chi connectivity index (χ1n) is 4.72. The van der Waals surface area contributed by atoms with Crippen LogP contribution in [0.5, 0.6) is 0 Å². The molecule has 90 valence electrons. The fourth-order valence-electron chi connectivity index (χ4n) is 1.05. The van der Waals surface area contributed by atoms with Crippen molar-refractivity contribution in [3.63, 3.8) is 0 Å². The van der Waals surface area contributed by atoms with Crippen molar-refractivity contribution >= 4 is 48.5 Å². The van der Waals surface area contributed by atoms with Crippen molar-refractivity contribution in [2.24, 2.45) is 0 Å². The Morgan fingerprint density at radius 2 is 2.12 bits per heavy atom. The van der Waals surface area contributed by atoms with Crippen molar-refractivity contribution in [3.8, 4) is 0 Å². The lowest BCUT2D eigenvalue weighted by Crippen LogP contribution is -2.25. The highest BCUT2D eigenvalue weighted by Gasteiger charge is 2.13. The van der Waals surface area contributed by atoms with Crippen molar-refractivity contribution in [1.29, 1.82) is 0 Å². The minimum Gasteiger partial charge on any atom is -0.262 e. The summed E-state index contributed by atoms with van der Waals surface area (Å²) in [6.45, 7) is 0.470. The van der Waals surface area contributed by atoms with Gasteiger partial charge in [-0.3, -0.25) is 4.98 Å². The fourth-order valence-corrected chi connectivity index (χ4v) is 3.17. The predicted molar refractivity (Wildman–Crippen MR) is 75.2 cm³/mol. The van der Waals surface area contributed by atoms with Crippen LogP contribution >= 0.6 is 38.5 Å². The van der Waals surface area contributed by atoms with Crippen LogP contribution in [0.2, 0.25) is 0 Å². The number of rotatable bonds is 6. The van der Waals surface area contributed by atoms with Crippen LogP contribution in [0.4, 0.5) is 0 Å². The van der Waals surface area contributed by atoms with Crippen molar-refractivity contribution in [1.82, 2.24) is 9.71 Å². The van der Waals surface area contributed by atoms with Crippen LogP contribution in [0, 0.1) is 0 Å². The van der Waals surface area contributed by atoms with Crippen LogP contribution in [-0.2, 0) is 10.0 Å². The Hall–Kier alpha value is 0.270. The number of alkyl halides is 1. The molecule has 0 atom stereocenters. The molecule has 0 aliphatic carbocycles. The zero-order chi connectivity index (χ0) is 12.0. The summed E-state index contributed by atoms with van der Waals surface area (Å²) in [4.78, 5) is 4.02. The maximum Gasteiger partial charge on any atom is 0.242 e. The average molecular weight is 419 g/mol. The zero-order valence-electron chi connectivity index (χ0n) is 8.49. The topological polar surface area (TPSA) is 59.1 Å². The van der Waals surface area contributed by atoms with Gasteiger partial charge in [-0.25, -0.2) is 13.1 Å². The molecule has 0 aliphatic heterocycles. The minimum absolute atomic E-state index is 0.191. The maximum atomic E-state index is 11.8. The van der Waals surface area contributed by atoms with Gasteiger partial charge in [-0.1, -0.05) is 22.6 Å². The van der Waals surface area contributed by atoms with Crippen LogP contribution in [0.3, 0.4) is 0 Å². The molecule has 16 heavy (non-hydrogen) atoms. The molecular formula is C9H12BrIN2O2S. The van der Waals surface area contributed by atoms with Gasteiger partial charge in [0.1, 0.15) is 4.90 Å². The largest absolute Gasteiger partial charge is 0.262 e. The Balaban J connectivity index is 2.64. The average Bonchev–Trinajstić information content (AvgIpc) is 2.24. The Labute approximate surface area is 118 Å². The molecule has 0 radical (unpaired) electrons. The van der Waals surface area contributed by atoms with Crippen molar-refractivity contribution in [3.05, 3.63) is 22.9 Å². The number of nitrogens with zero attached hydrogens (tertiary/aromatic N) is 1. The summed E-state index contributed by atoms with van der Waals surface area (Å²) in [5.41, 5.74) is 0. The van der Waals surface area contributed by atoms with Gasteiger partial charge >= 0.3 is 0 Å². The second kappa shape index (κ2) is 6.87. The van der Waals surface area contributed by atoms with E-state index in [1.54, 1.807) is 6.20 Å². The second-order valence-electron chi connectivity index (χ2n) is 3.13. The van der Waals surface area contributed by atoms with Gasteiger partial charge in [0.25, 0.3) is 0 Å². The summed E-state index contributed by atoms with van der Waals surface area (Å²) in [5.74, 6) is 0. The summed E-state index contributed by atoms with van der Waals surface area (Å²) < 4.78 is 27.8. The molecule has 0 unspecified atom stereocenters. The Morgan fingerprint density at radius 3 is 2.75 bits per heavy atom. The molecule has 0 spiro atoms. The third-order valence-electron chi connectivity index (χ3n) is 1.84. The van der Waals surface area contributed by atoms with Gasteiger partial charge in [-0.05, 0) is 39.3 Å². The third kappa shape index (κ3) is 4.64. The number of pyridine rings is 1. The molecule has 1 aromatic rings. The molecule has 0 bridgehead atoms. The zero-order valence-corrected chi connectivity index (χ0v) is 13.0. The smallest absolute Gasteiger partial charge is 0.242 e. The van der Waals surface area contributed by atoms with E-state index in [0.717, 1.165) is 17.3 Å². The first-order chi connectivity index (χ1) is 7.56. The standard InChI is InChI=1S/C9H12BrIN2O2S/c10-8-5-9(7-12-6-8)16(14,15)13-4-2-1-3-11/h5-7,13H,1-4H2. The number of halogens is 2. The van der Waals surface area contributed by atoms with E-state index in [0.29, 0.717) is 11.0 Å². The van der Waals surface area contributed by atoms with Gasteiger partial charge < -0.3 is 0 Å². The first kappa shape index (κ1) is 14.3. The Bertz CT molecular complexity index is 439. The lowest BCUT2D eigenvalue weighted by molar-refractivity contribution is 0.578. The number of hydrogen-bond donors (Lipinski definition) is 1. The van der Waals surface area contributed by atoms with Crippen molar-refractivity contribution in [2.75, 3.05) is 11.0 Å². The third-order valence-corrected chi connectivity index (χ3v) is 4.47. The summed E-state index contributed by atoms with van der Waals surface area (Å²) in [6.07, 6.45) is 4.75. The molecule has 1 N–H and O–H groups in total. The quantitative estimate of drug-likeness (QED) is 0.438. The number of aromatic nitrogens is 1. The van der Waals surface area contributed by atoms with Gasteiger partial charge in [0.15, 0.2) is 0 Å². The maximum absolute atomic E-state index is 11.8. The molecule has 0 amide bonds. The van der Waals surface area contributed by atoms with Gasteiger partial charge in [0.05, 0.1) is 0 Å². The Morgan fingerprint density at radius 1 is 1.38 bits per heavy atom. The Kier molecular flexibility index (Phi) is 6.16. The van der Waals surface area contributed by atoms with Gasteiger partial charge in [-0.15, -0.1) is 0 Å². The van der Waals surface area contributed by atoms with Crippen LogP contribution < -0.4 is 4.72 Å². The van der Waals surface area contributed by atoms with Gasteiger partial charge in [0, 0.05) is 23.4 Å². The minimum atomic E-state index is -3.41. The first-order valence-corrected chi connectivity index (χ1v) is 8.52. The van der Waals surface area contributed by atoms with E-state index in [9.17, 15) is 8.42 Å². The summed E-state index contributed by atoms with van der Waals surface area (Å²) in [5, 5.41) is 0. The predicted octanol–water partition coefficient (Wildman–Crippen LogP) is 2.34. The van der Waals surface area contributed by atoms with E-state index >= 15 is 0 Å². The van der Waals surface area contributed by atoms with Crippen LogP contribution in [-0.4, -0.2) is 24.4 Å². The highest BCUT2D eigenvalue weighted by Crippen LogP contribution is 2.13. The molecule has 7 heteroatoms. The second-order valence-corrected chi connectivity index (χ2v) is 6.89. The van der Waals surface area contributed by atoms with Crippen molar-refractivity contribution in [2.45, 2.75) is 17.7 Å². The fraction of sp³-hybridized carbons (Fsp3) is 0.444. The van der Waals surface area contributed by atoms with Crippen LogP contribution in [0.15, 0.2) is 27.8 Å². The number of sulfonamides is 1. The van der Waals surface area contributed by atoms with E-state index in [4.69, 9.17) is 0 Å². The lowest BCUT2D eigenvalue weighted by Gasteiger charge is -2.05. The molecule has 0 aliphatic rings. The molecule has 0 fully saturated rings. The summed E-state index contributed by atoms with van der Waals surface area (Å²) in [6, 6.07) is 1.54. The van der Waals surface area contributed by atoms with Crippen LogP contribution in [0.25, 0.3) is 0 Å². The molecular weight excluding hydrogens is 407 g/mol. The van der Waals surface area contributed by atoms with E-state index in [1.165, 1.54) is 12.3 Å². The number of nitrogens with one attached hydrogen (secondary N) is 1. The SMILES string of the molecule is O=S(=O)(NCCCCI)c1cncc(Br)c1. The summed E-state index contributed by atoms with van der Waals surface area (Å²) >= 11 is 5.46.